The van der Waals surface area contributed by atoms with Crippen molar-refractivity contribution in [3.63, 3.8) is 0 Å². The number of hydrogen-bond acceptors (Lipinski definition) is 3. The van der Waals surface area contributed by atoms with Gasteiger partial charge in [0.05, 0.1) is 6.61 Å². The average Bonchev–Trinajstić information content (AvgIpc) is 2.30. The van der Waals surface area contributed by atoms with Crippen molar-refractivity contribution in [1.82, 2.24) is 5.32 Å². The van der Waals surface area contributed by atoms with E-state index in [1.165, 1.54) is 11.1 Å². The summed E-state index contributed by atoms with van der Waals surface area (Å²) in [7, 11) is 1.69. The minimum atomic E-state index is 0.0708. The van der Waals surface area contributed by atoms with E-state index in [4.69, 9.17) is 9.47 Å². The van der Waals surface area contributed by atoms with Crippen LogP contribution in [-0.2, 0) is 11.3 Å². The van der Waals surface area contributed by atoms with Gasteiger partial charge in [-0.1, -0.05) is 25.1 Å². The summed E-state index contributed by atoms with van der Waals surface area (Å²) in [6.45, 7) is 8.60. The van der Waals surface area contributed by atoms with Gasteiger partial charge in [-0.3, -0.25) is 0 Å². The molecule has 0 bridgehead atoms. The molecule has 0 spiro atoms. The Hall–Kier alpha value is -1.06. The highest BCUT2D eigenvalue weighted by Crippen LogP contribution is 2.24. The molecule has 3 nitrogen and oxygen atoms in total. The highest BCUT2D eigenvalue weighted by molar-refractivity contribution is 5.40. The standard InChI is InChI=1S/C14H23NO2/c1-5-15-9-13-8-6-7-11(2)14(13)17-12(3)10-16-4/h6-8,12,15H,5,9-10H2,1-4H3. The van der Waals surface area contributed by atoms with Gasteiger partial charge in [-0.15, -0.1) is 0 Å². The highest BCUT2D eigenvalue weighted by atomic mass is 16.5. The Bertz CT molecular complexity index is 339. The van der Waals surface area contributed by atoms with Crippen molar-refractivity contribution >= 4 is 0 Å². The van der Waals surface area contributed by atoms with Crippen LogP contribution in [0.5, 0.6) is 5.75 Å². The summed E-state index contributed by atoms with van der Waals surface area (Å²) in [4.78, 5) is 0. The molecular weight excluding hydrogens is 214 g/mol. The molecular formula is C14H23NO2. The minimum Gasteiger partial charge on any atom is -0.488 e. The quantitative estimate of drug-likeness (QED) is 0.790. The van der Waals surface area contributed by atoms with Crippen LogP contribution < -0.4 is 10.1 Å². The maximum Gasteiger partial charge on any atom is 0.127 e. The number of nitrogens with one attached hydrogen (secondary N) is 1. The van der Waals surface area contributed by atoms with Gasteiger partial charge in [-0.2, -0.15) is 0 Å². The molecule has 0 radical (unpaired) electrons. The van der Waals surface area contributed by atoms with Gasteiger partial charge in [0, 0.05) is 19.2 Å². The van der Waals surface area contributed by atoms with E-state index < -0.39 is 0 Å². The third-order valence-electron chi connectivity index (χ3n) is 2.58. The number of aryl methyl sites for hydroxylation is 1. The zero-order chi connectivity index (χ0) is 12.7. The SMILES string of the molecule is CCNCc1cccc(C)c1OC(C)COC. The van der Waals surface area contributed by atoms with Gasteiger partial charge in [0.25, 0.3) is 0 Å². The van der Waals surface area contributed by atoms with Crippen molar-refractivity contribution in [3.05, 3.63) is 29.3 Å². The number of para-hydroxylation sites is 1. The molecule has 3 heteroatoms. The first-order valence-corrected chi connectivity index (χ1v) is 6.13. The smallest absolute Gasteiger partial charge is 0.127 e. The molecule has 1 N–H and O–H groups in total. The monoisotopic (exact) mass is 237 g/mol. The molecule has 0 heterocycles. The predicted molar refractivity (Wildman–Crippen MR) is 70.5 cm³/mol. The second kappa shape index (κ2) is 7.30. The molecule has 0 aliphatic carbocycles. The number of benzene rings is 1. The molecule has 0 saturated carbocycles. The van der Waals surface area contributed by atoms with Crippen molar-refractivity contribution in [2.75, 3.05) is 20.3 Å². The van der Waals surface area contributed by atoms with Crippen LogP contribution in [0.1, 0.15) is 25.0 Å². The van der Waals surface area contributed by atoms with E-state index in [9.17, 15) is 0 Å². The molecule has 0 fully saturated rings. The maximum absolute atomic E-state index is 5.95. The van der Waals surface area contributed by atoms with Crippen LogP contribution in [0.15, 0.2) is 18.2 Å². The molecule has 0 aliphatic rings. The summed E-state index contributed by atoms with van der Waals surface area (Å²) in [5.41, 5.74) is 2.37. The van der Waals surface area contributed by atoms with E-state index in [2.05, 4.69) is 37.4 Å². The summed E-state index contributed by atoms with van der Waals surface area (Å²) in [6, 6.07) is 6.24. The normalized spacial score (nSPS) is 12.5. The largest absolute Gasteiger partial charge is 0.488 e. The number of hydrogen-bond donors (Lipinski definition) is 1. The van der Waals surface area contributed by atoms with Gasteiger partial charge in [-0.25, -0.2) is 0 Å². The lowest BCUT2D eigenvalue weighted by molar-refractivity contribution is 0.0908. The Morgan fingerprint density at radius 1 is 1.35 bits per heavy atom. The van der Waals surface area contributed by atoms with Gasteiger partial charge in [0.1, 0.15) is 11.9 Å². The lowest BCUT2D eigenvalue weighted by Crippen LogP contribution is -2.20. The lowest BCUT2D eigenvalue weighted by Gasteiger charge is -2.19. The fourth-order valence-electron chi connectivity index (χ4n) is 1.75. The van der Waals surface area contributed by atoms with Crippen molar-refractivity contribution in [3.8, 4) is 5.75 Å². The fourth-order valence-corrected chi connectivity index (χ4v) is 1.75. The topological polar surface area (TPSA) is 30.5 Å². The molecule has 0 amide bonds. The molecule has 0 aliphatic heterocycles. The van der Waals surface area contributed by atoms with Crippen LogP contribution in [0, 0.1) is 6.92 Å². The first kappa shape index (κ1) is 14.0. The molecule has 17 heavy (non-hydrogen) atoms. The summed E-state index contributed by atoms with van der Waals surface area (Å²) in [6.07, 6.45) is 0.0708. The van der Waals surface area contributed by atoms with Crippen molar-refractivity contribution in [2.24, 2.45) is 0 Å². The highest BCUT2D eigenvalue weighted by Gasteiger charge is 2.10. The molecule has 0 saturated heterocycles. The van der Waals surface area contributed by atoms with E-state index >= 15 is 0 Å². The van der Waals surface area contributed by atoms with Crippen LogP contribution >= 0.6 is 0 Å². The van der Waals surface area contributed by atoms with Crippen LogP contribution in [0.3, 0.4) is 0 Å². The Morgan fingerprint density at radius 3 is 2.76 bits per heavy atom. The molecule has 1 aromatic carbocycles. The zero-order valence-electron chi connectivity index (χ0n) is 11.2. The van der Waals surface area contributed by atoms with E-state index in [0.29, 0.717) is 6.61 Å². The Balaban J connectivity index is 2.79. The first-order chi connectivity index (χ1) is 8.19. The van der Waals surface area contributed by atoms with Gasteiger partial charge in [0.2, 0.25) is 0 Å². The first-order valence-electron chi connectivity index (χ1n) is 6.13. The Morgan fingerprint density at radius 2 is 2.12 bits per heavy atom. The third-order valence-corrected chi connectivity index (χ3v) is 2.58. The van der Waals surface area contributed by atoms with Crippen molar-refractivity contribution in [1.29, 1.82) is 0 Å². The van der Waals surface area contributed by atoms with Crippen molar-refractivity contribution < 1.29 is 9.47 Å². The Kier molecular flexibility index (Phi) is 6.01. The predicted octanol–water partition coefficient (Wildman–Crippen LogP) is 2.52. The summed E-state index contributed by atoms with van der Waals surface area (Å²) < 4.78 is 11.0. The third kappa shape index (κ3) is 4.36. The molecule has 1 rings (SSSR count). The molecule has 1 atom stereocenters. The van der Waals surface area contributed by atoms with Crippen LogP contribution in [0.2, 0.25) is 0 Å². The molecule has 1 aromatic rings. The van der Waals surface area contributed by atoms with E-state index in [1.54, 1.807) is 7.11 Å². The molecule has 0 aromatic heterocycles. The van der Waals surface area contributed by atoms with Crippen LogP contribution in [0.25, 0.3) is 0 Å². The lowest BCUT2D eigenvalue weighted by atomic mass is 10.1. The second-order valence-corrected chi connectivity index (χ2v) is 4.23. The summed E-state index contributed by atoms with van der Waals surface area (Å²) in [5, 5.41) is 3.33. The zero-order valence-corrected chi connectivity index (χ0v) is 11.2. The van der Waals surface area contributed by atoms with Gasteiger partial charge in [-0.05, 0) is 26.0 Å². The van der Waals surface area contributed by atoms with Crippen LogP contribution in [0.4, 0.5) is 0 Å². The number of rotatable bonds is 7. The van der Waals surface area contributed by atoms with Gasteiger partial charge >= 0.3 is 0 Å². The average molecular weight is 237 g/mol. The van der Waals surface area contributed by atoms with E-state index in [0.717, 1.165) is 18.8 Å². The van der Waals surface area contributed by atoms with E-state index in [-0.39, 0.29) is 6.10 Å². The molecule has 96 valence electrons. The van der Waals surface area contributed by atoms with Crippen molar-refractivity contribution in [2.45, 2.75) is 33.4 Å². The number of methoxy groups -OCH3 is 1. The number of ether oxygens (including phenoxy) is 2. The maximum atomic E-state index is 5.95. The van der Waals surface area contributed by atoms with Gasteiger partial charge < -0.3 is 14.8 Å². The van der Waals surface area contributed by atoms with Gasteiger partial charge in [0.15, 0.2) is 0 Å². The Labute approximate surface area is 104 Å². The van der Waals surface area contributed by atoms with Crippen LogP contribution in [-0.4, -0.2) is 26.4 Å². The van der Waals surface area contributed by atoms with E-state index in [1.807, 2.05) is 6.92 Å². The summed E-state index contributed by atoms with van der Waals surface area (Å²) in [5.74, 6) is 0.984. The second-order valence-electron chi connectivity index (χ2n) is 4.23. The summed E-state index contributed by atoms with van der Waals surface area (Å²) >= 11 is 0. The fraction of sp³-hybridized carbons (Fsp3) is 0.571. The minimum absolute atomic E-state index is 0.0708. The molecule has 1 unspecified atom stereocenters.